The molecule has 0 aliphatic carbocycles. The lowest BCUT2D eigenvalue weighted by Gasteiger charge is -2.23. The van der Waals surface area contributed by atoms with Crippen LogP contribution >= 0.6 is 0 Å². The van der Waals surface area contributed by atoms with Crippen molar-refractivity contribution in [2.24, 2.45) is 0 Å². The predicted octanol–water partition coefficient (Wildman–Crippen LogP) is 0.602. The Labute approximate surface area is 102 Å². The average molecular weight is 258 g/mol. The maximum absolute atomic E-state index is 11.5. The molecular formula is C10H18N4O2S. The van der Waals surface area contributed by atoms with Crippen LogP contribution in [0.15, 0.2) is 6.07 Å². The van der Waals surface area contributed by atoms with Gasteiger partial charge in [-0.15, -0.1) is 0 Å². The van der Waals surface area contributed by atoms with Gasteiger partial charge in [0.25, 0.3) is 0 Å². The van der Waals surface area contributed by atoms with Crippen LogP contribution in [0.5, 0.6) is 0 Å². The molecule has 0 spiro atoms. The highest BCUT2D eigenvalue weighted by atomic mass is 32.2. The molecule has 96 valence electrons. The lowest BCUT2D eigenvalue weighted by atomic mass is 10.2. The first-order valence-corrected chi connectivity index (χ1v) is 7.05. The lowest BCUT2D eigenvalue weighted by molar-refractivity contribution is 0.559. The van der Waals surface area contributed by atoms with E-state index in [-0.39, 0.29) is 12.5 Å². The fourth-order valence-electron chi connectivity index (χ4n) is 1.12. The molecule has 0 saturated heterocycles. The zero-order valence-corrected chi connectivity index (χ0v) is 11.3. The molecule has 1 rings (SSSR count). The average Bonchev–Trinajstić information content (AvgIpc) is 2.11. The molecule has 0 fully saturated rings. The summed E-state index contributed by atoms with van der Waals surface area (Å²) in [6.07, 6.45) is 1.22. The lowest BCUT2D eigenvalue weighted by Crippen LogP contribution is -2.38. The maximum atomic E-state index is 11.5. The highest BCUT2D eigenvalue weighted by molar-refractivity contribution is 7.92. The molecule has 0 unspecified atom stereocenters. The Bertz CT molecular complexity index is 491. The number of rotatable bonds is 4. The zero-order chi connectivity index (χ0) is 13.3. The first-order chi connectivity index (χ1) is 7.62. The van der Waals surface area contributed by atoms with Crippen LogP contribution in [0.2, 0.25) is 0 Å². The third-order valence-corrected chi connectivity index (χ3v) is 4.72. The van der Waals surface area contributed by atoms with E-state index in [0.717, 1.165) is 5.69 Å². The summed E-state index contributed by atoms with van der Waals surface area (Å²) in [6, 6.07) is 1.72. The van der Waals surface area contributed by atoms with E-state index in [0.29, 0.717) is 5.82 Å². The Morgan fingerprint density at radius 2 is 2.00 bits per heavy atom. The first kappa shape index (κ1) is 13.7. The summed E-state index contributed by atoms with van der Waals surface area (Å²) in [5, 5.41) is 2.96. The third-order valence-electron chi connectivity index (χ3n) is 2.57. The minimum absolute atomic E-state index is 0.171. The molecule has 0 bridgehead atoms. The number of aromatic nitrogens is 2. The van der Waals surface area contributed by atoms with E-state index in [4.69, 9.17) is 5.73 Å². The minimum Gasteiger partial charge on any atom is -0.368 e. The van der Waals surface area contributed by atoms with Crippen molar-refractivity contribution in [3.8, 4) is 0 Å². The van der Waals surface area contributed by atoms with E-state index in [9.17, 15) is 8.42 Å². The van der Waals surface area contributed by atoms with Gasteiger partial charge in [-0.1, -0.05) is 0 Å². The topological polar surface area (TPSA) is 98.0 Å². The van der Waals surface area contributed by atoms with Crippen molar-refractivity contribution in [3.05, 3.63) is 11.8 Å². The number of nitrogens with one attached hydrogen (secondary N) is 1. The monoisotopic (exact) mass is 258 g/mol. The van der Waals surface area contributed by atoms with Gasteiger partial charge in [0.05, 0.1) is 4.75 Å². The number of nitrogens with zero attached hydrogens (tertiary/aromatic N) is 2. The van der Waals surface area contributed by atoms with Gasteiger partial charge in [-0.3, -0.25) is 0 Å². The first-order valence-electron chi connectivity index (χ1n) is 5.16. The number of aryl methyl sites for hydroxylation is 1. The normalized spacial score (nSPS) is 12.5. The van der Waals surface area contributed by atoms with Gasteiger partial charge in [-0.2, -0.15) is 4.98 Å². The smallest absolute Gasteiger partial charge is 0.222 e. The molecule has 0 aliphatic rings. The fourth-order valence-corrected chi connectivity index (χ4v) is 1.45. The van der Waals surface area contributed by atoms with E-state index in [2.05, 4.69) is 15.3 Å². The molecule has 0 radical (unpaired) electrons. The van der Waals surface area contributed by atoms with Crippen molar-refractivity contribution >= 4 is 21.6 Å². The Kier molecular flexibility index (Phi) is 3.61. The second-order valence-electron chi connectivity index (χ2n) is 4.64. The standard InChI is InChI=1S/C10H18N4O2S/c1-7-5-8(14-9(11)13-7)12-6-10(2,3)17(4,15)16/h5H,6H2,1-4H3,(H3,11,12,13,14). The van der Waals surface area contributed by atoms with E-state index >= 15 is 0 Å². The van der Waals surface area contributed by atoms with Crippen molar-refractivity contribution in [3.63, 3.8) is 0 Å². The third kappa shape index (κ3) is 3.55. The maximum Gasteiger partial charge on any atom is 0.222 e. The van der Waals surface area contributed by atoms with Crippen molar-refractivity contribution in [1.82, 2.24) is 9.97 Å². The van der Waals surface area contributed by atoms with Gasteiger partial charge in [-0.05, 0) is 20.8 Å². The molecule has 7 heteroatoms. The summed E-state index contributed by atoms with van der Waals surface area (Å²) in [5.41, 5.74) is 6.24. The number of nitrogen functional groups attached to an aromatic ring is 1. The van der Waals surface area contributed by atoms with E-state index in [1.165, 1.54) is 6.26 Å². The number of hydrogen-bond donors (Lipinski definition) is 2. The summed E-state index contributed by atoms with van der Waals surface area (Å²) in [5.74, 6) is 0.705. The Balaban J connectivity index is 2.81. The van der Waals surface area contributed by atoms with Crippen LogP contribution in [-0.2, 0) is 9.84 Å². The van der Waals surface area contributed by atoms with Gasteiger partial charge in [-0.25, -0.2) is 13.4 Å². The Morgan fingerprint density at radius 3 is 2.47 bits per heavy atom. The van der Waals surface area contributed by atoms with Crippen molar-refractivity contribution < 1.29 is 8.42 Å². The van der Waals surface area contributed by atoms with Crippen molar-refractivity contribution in [1.29, 1.82) is 0 Å². The van der Waals surface area contributed by atoms with Crippen LogP contribution in [0.1, 0.15) is 19.5 Å². The van der Waals surface area contributed by atoms with Crippen LogP contribution in [0.3, 0.4) is 0 Å². The van der Waals surface area contributed by atoms with Crippen LogP contribution < -0.4 is 11.1 Å². The highest BCUT2D eigenvalue weighted by Gasteiger charge is 2.29. The molecule has 0 aliphatic heterocycles. The van der Waals surface area contributed by atoms with Gasteiger partial charge in [0, 0.05) is 24.6 Å². The van der Waals surface area contributed by atoms with Crippen molar-refractivity contribution in [2.45, 2.75) is 25.5 Å². The largest absolute Gasteiger partial charge is 0.368 e. The second kappa shape index (κ2) is 4.48. The minimum atomic E-state index is -3.13. The zero-order valence-electron chi connectivity index (χ0n) is 10.5. The van der Waals surface area contributed by atoms with Gasteiger partial charge < -0.3 is 11.1 Å². The number of sulfone groups is 1. The molecule has 1 heterocycles. The fraction of sp³-hybridized carbons (Fsp3) is 0.600. The Morgan fingerprint density at radius 1 is 1.41 bits per heavy atom. The van der Waals surface area contributed by atoms with Gasteiger partial charge in [0.2, 0.25) is 5.95 Å². The molecule has 6 nitrogen and oxygen atoms in total. The van der Waals surface area contributed by atoms with Gasteiger partial charge in [0.1, 0.15) is 5.82 Å². The second-order valence-corrected chi connectivity index (χ2v) is 7.29. The summed E-state index contributed by atoms with van der Waals surface area (Å²) in [4.78, 5) is 7.92. The summed E-state index contributed by atoms with van der Waals surface area (Å²) in [6.45, 7) is 5.38. The molecular weight excluding hydrogens is 240 g/mol. The summed E-state index contributed by atoms with van der Waals surface area (Å²) in [7, 11) is -3.13. The molecule has 3 N–H and O–H groups in total. The van der Waals surface area contributed by atoms with Crippen LogP contribution in [0, 0.1) is 6.92 Å². The van der Waals surface area contributed by atoms with Gasteiger partial charge in [0.15, 0.2) is 9.84 Å². The summed E-state index contributed by atoms with van der Waals surface area (Å²) < 4.78 is 22.2. The number of hydrogen-bond acceptors (Lipinski definition) is 6. The molecule has 1 aromatic rings. The number of nitrogens with two attached hydrogens (primary N) is 1. The molecule has 0 atom stereocenters. The van der Waals surface area contributed by atoms with Crippen molar-refractivity contribution in [2.75, 3.05) is 23.9 Å². The van der Waals surface area contributed by atoms with E-state index in [1.807, 2.05) is 0 Å². The van der Waals surface area contributed by atoms with E-state index < -0.39 is 14.6 Å². The van der Waals surface area contributed by atoms with Crippen LogP contribution in [-0.4, -0.2) is 35.9 Å². The molecule has 0 amide bonds. The SMILES string of the molecule is Cc1cc(NCC(C)(C)S(C)(=O)=O)nc(N)n1. The van der Waals surface area contributed by atoms with E-state index in [1.54, 1.807) is 26.8 Å². The molecule has 0 saturated carbocycles. The summed E-state index contributed by atoms with van der Waals surface area (Å²) >= 11 is 0. The van der Waals surface area contributed by atoms with Gasteiger partial charge >= 0.3 is 0 Å². The highest BCUT2D eigenvalue weighted by Crippen LogP contribution is 2.16. The predicted molar refractivity (Wildman–Crippen MR) is 68.6 cm³/mol. The molecule has 0 aromatic carbocycles. The molecule has 1 aromatic heterocycles. The molecule has 17 heavy (non-hydrogen) atoms. The number of anilines is 2. The van der Waals surface area contributed by atoms with Crippen LogP contribution in [0.25, 0.3) is 0 Å². The Hall–Kier alpha value is -1.37. The quantitative estimate of drug-likeness (QED) is 0.820. The van der Waals surface area contributed by atoms with Crippen LogP contribution in [0.4, 0.5) is 11.8 Å².